The van der Waals surface area contributed by atoms with Gasteiger partial charge in [0.25, 0.3) is 0 Å². The predicted octanol–water partition coefficient (Wildman–Crippen LogP) is 3.14. The van der Waals surface area contributed by atoms with Crippen molar-refractivity contribution in [2.24, 2.45) is 11.7 Å². The van der Waals surface area contributed by atoms with E-state index in [1.165, 1.54) is 0 Å². The van der Waals surface area contributed by atoms with Gasteiger partial charge < -0.3 is 20.7 Å². The second-order valence-electron chi connectivity index (χ2n) is 7.84. The average Bonchev–Trinajstić information content (AvgIpc) is 3.55. The van der Waals surface area contributed by atoms with Crippen LogP contribution in [0.1, 0.15) is 40.4 Å². The Hall–Kier alpha value is -2.86. The van der Waals surface area contributed by atoms with Gasteiger partial charge in [-0.2, -0.15) is 0 Å². The molecule has 0 bridgehead atoms. The number of alkyl carbamates (subject to hydrolysis) is 1. The summed E-state index contributed by atoms with van der Waals surface area (Å²) in [6.07, 6.45) is 2.34. The highest BCUT2D eigenvalue weighted by Gasteiger charge is 2.35. The van der Waals surface area contributed by atoms with Gasteiger partial charge in [-0.3, -0.25) is 4.79 Å². The molecule has 154 valence electrons. The molecule has 2 amide bonds. The van der Waals surface area contributed by atoms with Crippen LogP contribution in [0, 0.1) is 5.92 Å². The molecule has 1 aliphatic carbocycles. The highest BCUT2D eigenvalue weighted by molar-refractivity contribution is 5.92. The van der Waals surface area contributed by atoms with E-state index >= 15 is 0 Å². The van der Waals surface area contributed by atoms with Crippen LogP contribution >= 0.6 is 0 Å². The number of amides is 2. The van der Waals surface area contributed by atoms with Gasteiger partial charge in [-0.25, -0.2) is 4.79 Å². The Labute approximate surface area is 172 Å². The van der Waals surface area contributed by atoms with Crippen LogP contribution in [0.4, 0.5) is 4.79 Å². The number of hydrogen-bond donors (Lipinski definition) is 2. The van der Waals surface area contributed by atoms with E-state index in [-0.39, 0.29) is 18.2 Å². The molecule has 0 unspecified atom stereocenters. The summed E-state index contributed by atoms with van der Waals surface area (Å²) in [5.41, 5.74) is 7.90. The fourth-order valence-corrected chi connectivity index (χ4v) is 3.35. The Balaban J connectivity index is 1.55. The van der Waals surface area contributed by atoms with Crippen LogP contribution in [0.2, 0.25) is 0 Å². The van der Waals surface area contributed by atoms with E-state index in [0.29, 0.717) is 18.0 Å². The third kappa shape index (κ3) is 6.06. The van der Waals surface area contributed by atoms with Crippen molar-refractivity contribution in [2.45, 2.75) is 31.4 Å². The van der Waals surface area contributed by atoms with Gasteiger partial charge in [0, 0.05) is 24.1 Å². The van der Waals surface area contributed by atoms with E-state index < -0.39 is 5.91 Å². The maximum atomic E-state index is 12.5. The minimum absolute atomic E-state index is 0.0954. The lowest BCUT2D eigenvalue weighted by Gasteiger charge is -2.25. The lowest BCUT2D eigenvalue weighted by atomic mass is 10.0. The first-order valence-electron chi connectivity index (χ1n) is 9.98. The summed E-state index contributed by atoms with van der Waals surface area (Å²) in [6, 6.07) is 17.3. The standard InChI is InChI=1S/C23H29N3O3/c1-26(2)20(14-16-8-10-19(11-9-16)22(24)27)15-25-23(28)29-21(18-12-13-18)17-6-4-3-5-7-17/h3-11,18,20-21H,12-15H2,1-2H3,(H2,24,27)(H,25,28)/t20-,21+/m0/s1. The smallest absolute Gasteiger partial charge is 0.407 e. The molecule has 0 radical (unpaired) electrons. The van der Waals surface area contributed by atoms with Crippen molar-refractivity contribution < 1.29 is 14.3 Å². The number of carbonyl (C=O) groups excluding carboxylic acids is 2. The topological polar surface area (TPSA) is 84.7 Å². The van der Waals surface area contributed by atoms with Crippen molar-refractivity contribution >= 4 is 12.0 Å². The van der Waals surface area contributed by atoms with Crippen molar-refractivity contribution in [3.8, 4) is 0 Å². The monoisotopic (exact) mass is 395 g/mol. The number of nitrogens with zero attached hydrogens (tertiary/aromatic N) is 1. The first-order chi connectivity index (χ1) is 13.9. The molecule has 0 saturated heterocycles. The van der Waals surface area contributed by atoms with Crippen molar-refractivity contribution in [2.75, 3.05) is 20.6 Å². The SMILES string of the molecule is CN(C)[C@H](CNC(=O)O[C@H](c1ccccc1)C1CC1)Cc1ccc(C(N)=O)cc1. The molecule has 1 saturated carbocycles. The van der Waals surface area contributed by atoms with Crippen molar-refractivity contribution in [3.63, 3.8) is 0 Å². The van der Waals surface area contributed by atoms with E-state index in [4.69, 9.17) is 10.5 Å². The zero-order valence-corrected chi connectivity index (χ0v) is 17.0. The molecule has 0 aromatic heterocycles. The number of nitrogens with one attached hydrogen (secondary N) is 1. The Morgan fingerprint density at radius 1 is 1.10 bits per heavy atom. The summed E-state index contributed by atoms with van der Waals surface area (Å²) >= 11 is 0. The Bertz CT molecular complexity index is 817. The molecule has 1 fully saturated rings. The van der Waals surface area contributed by atoms with Gasteiger partial charge in [0.05, 0.1) is 0 Å². The molecule has 0 aliphatic heterocycles. The normalized spacial score (nSPS) is 15.6. The van der Waals surface area contributed by atoms with Gasteiger partial charge in [-0.05, 0) is 56.6 Å². The summed E-state index contributed by atoms with van der Waals surface area (Å²) in [5.74, 6) is -0.0229. The Kier molecular flexibility index (Phi) is 6.88. The maximum Gasteiger partial charge on any atom is 0.407 e. The van der Waals surface area contributed by atoms with Crippen LogP contribution in [0.5, 0.6) is 0 Å². The van der Waals surface area contributed by atoms with E-state index in [0.717, 1.165) is 30.4 Å². The first kappa shape index (κ1) is 20.9. The number of ether oxygens (including phenoxy) is 1. The van der Waals surface area contributed by atoms with Gasteiger partial charge in [0.15, 0.2) is 0 Å². The van der Waals surface area contributed by atoms with Crippen LogP contribution < -0.4 is 11.1 Å². The molecule has 2 aromatic carbocycles. The number of likely N-dealkylation sites (N-methyl/N-ethyl adjacent to an activating group) is 1. The molecule has 3 rings (SSSR count). The van der Waals surface area contributed by atoms with Gasteiger partial charge in [0.2, 0.25) is 5.91 Å². The molecule has 0 heterocycles. The summed E-state index contributed by atoms with van der Waals surface area (Å²) in [7, 11) is 3.96. The van der Waals surface area contributed by atoms with E-state index in [2.05, 4.69) is 10.2 Å². The zero-order valence-electron chi connectivity index (χ0n) is 17.0. The van der Waals surface area contributed by atoms with Gasteiger partial charge in [0.1, 0.15) is 6.10 Å². The van der Waals surface area contributed by atoms with Gasteiger partial charge in [-0.1, -0.05) is 42.5 Å². The predicted molar refractivity (Wildman–Crippen MR) is 113 cm³/mol. The second kappa shape index (κ2) is 9.56. The molecule has 0 spiro atoms. The Morgan fingerprint density at radius 3 is 2.31 bits per heavy atom. The third-order valence-corrected chi connectivity index (χ3v) is 5.33. The van der Waals surface area contributed by atoms with Crippen LogP contribution in [-0.2, 0) is 11.2 Å². The second-order valence-corrected chi connectivity index (χ2v) is 7.84. The van der Waals surface area contributed by atoms with E-state index in [1.54, 1.807) is 12.1 Å². The number of hydrogen-bond acceptors (Lipinski definition) is 4. The van der Waals surface area contributed by atoms with Crippen LogP contribution in [0.25, 0.3) is 0 Å². The lowest BCUT2D eigenvalue weighted by Crippen LogP contribution is -2.42. The molecule has 2 aromatic rings. The maximum absolute atomic E-state index is 12.5. The van der Waals surface area contributed by atoms with Crippen molar-refractivity contribution in [1.82, 2.24) is 10.2 Å². The van der Waals surface area contributed by atoms with Crippen LogP contribution in [-0.4, -0.2) is 43.6 Å². The number of rotatable bonds is 9. The van der Waals surface area contributed by atoms with Gasteiger partial charge >= 0.3 is 6.09 Å². The molecule has 3 N–H and O–H groups in total. The number of nitrogens with two attached hydrogens (primary N) is 1. The summed E-state index contributed by atoms with van der Waals surface area (Å²) in [6.45, 7) is 0.468. The Morgan fingerprint density at radius 2 is 1.76 bits per heavy atom. The van der Waals surface area contributed by atoms with E-state index in [9.17, 15) is 9.59 Å². The minimum atomic E-state index is -0.436. The summed E-state index contributed by atoms with van der Waals surface area (Å²) in [4.78, 5) is 25.7. The number of benzene rings is 2. The summed E-state index contributed by atoms with van der Waals surface area (Å²) in [5, 5.41) is 2.92. The quantitative estimate of drug-likeness (QED) is 0.683. The minimum Gasteiger partial charge on any atom is -0.441 e. The van der Waals surface area contributed by atoms with Crippen LogP contribution in [0.15, 0.2) is 54.6 Å². The number of carbonyl (C=O) groups is 2. The molecule has 1 aliphatic rings. The zero-order chi connectivity index (χ0) is 20.8. The molecular formula is C23H29N3O3. The molecular weight excluding hydrogens is 366 g/mol. The first-order valence-corrected chi connectivity index (χ1v) is 9.98. The van der Waals surface area contributed by atoms with Gasteiger partial charge in [-0.15, -0.1) is 0 Å². The molecule has 6 nitrogen and oxygen atoms in total. The van der Waals surface area contributed by atoms with E-state index in [1.807, 2.05) is 56.6 Å². The fourth-order valence-electron chi connectivity index (χ4n) is 3.35. The average molecular weight is 396 g/mol. The van der Waals surface area contributed by atoms with Crippen molar-refractivity contribution in [1.29, 1.82) is 0 Å². The number of primary amides is 1. The fraction of sp³-hybridized carbons (Fsp3) is 0.391. The van der Waals surface area contributed by atoms with Crippen LogP contribution in [0.3, 0.4) is 0 Å². The lowest BCUT2D eigenvalue weighted by molar-refractivity contribution is 0.0831. The van der Waals surface area contributed by atoms with Crippen molar-refractivity contribution in [3.05, 3.63) is 71.3 Å². The highest BCUT2D eigenvalue weighted by atomic mass is 16.6. The highest BCUT2D eigenvalue weighted by Crippen LogP contribution is 2.43. The molecule has 29 heavy (non-hydrogen) atoms. The molecule has 2 atom stereocenters. The summed E-state index contributed by atoms with van der Waals surface area (Å²) < 4.78 is 5.76. The largest absolute Gasteiger partial charge is 0.441 e. The molecule has 6 heteroatoms. The third-order valence-electron chi connectivity index (χ3n) is 5.33.